The van der Waals surface area contributed by atoms with Crippen molar-refractivity contribution in [3.05, 3.63) is 16.0 Å². The van der Waals surface area contributed by atoms with E-state index in [1.54, 1.807) is 0 Å². The maximum absolute atomic E-state index is 13.0. The molecular weight excluding hydrogens is 378 g/mol. The van der Waals surface area contributed by atoms with E-state index in [1.165, 1.54) is 21.1 Å². The van der Waals surface area contributed by atoms with Crippen LogP contribution in [0.4, 0.5) is 0 Å². The highest BCUT2D eigenvalue weighted by atomic mass is 32.2. The SMILES string of the molecule is COC(=O)c1sc(S(=O)(=O)N[C@H]2CCC[C@H](C)[C@@H]2C)c(C(=O)OC)c1C. The lowest BCUT2D eigenvalue weighted by atomic mass is 9.78. The first-order valence-corrected chi connectivity index (χ1v) is 10.8. The summed E-state index contributed by atoms with van der Waals surface area (Å²) < 4.78 is 38.0. The average Bonchev–Trinajstić information content (AvgIpc) is 2.95. The van der Waals surface area contributed by atoms with Crippen LogP contribution in [0.25, 0.3) is 0 Å². The molecule has 0 spiro atoms. The van der Waals surface area contributed by atoms with E-state index in [2.05, 4.69) is 11.6 Å². The van der Waals surface area contributed by atoms with Crippen molar-refractivity contribution in [2.75, 3.05) is 14.2 Å². The fraction of sp³-hybridized carbons (Fsp3) is 0.647. The lowest BCUT2D eigenvalue weighted by molar-refractivity contribution is 0.0596. The topological polar surface area (TPSA) is 98.8 Å². The van der Waals surface area contributed by atoms with E-state index in [0.29, 0.717) is 5.92 Å². The van der Waals surface area contributed by atoms with Crippen LogP contribution < -0.4 is 4.72 Å². The van der Waals surface area contributed by atoms with Gasteiger partial charge in [-0.2, -0.15) is 0 Å². The fourth-order valence-electron chi connectivity index (χ4n) is 3.30. The molecule has 1 aromatic rings. The number of nitrogens with one attached hydrogen (secondary N) is 1. The second kappa shape index (κ2) is 8.06. The van der Waals surface area contributed by atoms with Gasteiger partial charge in [0.25, 0.3) is 10.0 Å². The molecule has 146 valence electrons. The number of sulfonamides is 1. The zero-order valence-electron chi connectivity index (χ0n) is 15.6. The van der Waals surface area contributed by atoms with E-state index < -0.39 is 22.0 Å². The first-order chi connectivity index (χ1) is 12.1. The molecule has 3 atom stereocenters. The van der Waals surface area contributed by atoms with Gasteiger partial charge in [-0.25, -0.2) is 22.7 Å². The monoisotopic (exact) mass is 403 g/mol. The first kappa shape index (κ1) is 20.9. The maximum atomic E-state index is 13.0. The van der Waals surface area contributed by atoms with E-state index in [4.69, 9.17) is 9.47 Å². The predicted molar refractivity (Wildman–Crippen MR) is 98.0 cm³/mol. The summed E-state index contributed by atoms with van der Waals surface area (Å²) in [6.45, 7) is 5.65. The van der Waals surface area contributed by atoms with Crippen molar-refractivity contribution in [3.8, 4) is 0 Å². The van der Waals surface area contributed by atoms with Crippen molar-refractivity contribution in [2.45, 2.75) is 50.3 Å². The predicted octanol–water partition coefficient (Wildman–Crippen LogP) is 2.73. The molecule has 0 unspecified atom stereocenters. The molecule has 0 saturated heterocycles. The lowest BCUT2D eigenvalue weighted by Gasteiger charge is -2.34. The van der Waals surface area contributed by atoms with E-state index in [-0.39, 0.29) is 32.2 Å². The minimum atomic E-state index is -3.99. The zero-order chi connectivity index (χ0) is 19.6. The quantitative estimate of drug-likeness (QED) is 0.759. The highest BCUT2D eigenvalue weighted by Crippen LogP contribution is 2.35. The van der Waals surface area contributed by atoms with Gasteiger partial charge in [-0.3, -0.25) is 0 Å². The van der Waals surface area contributed by atoms with Crippen LogP contribution in [0.15, 0.2) is 4.21 Å². The summed E-state index contributed by atoms with van der Waals surface area (Å²) in [5, 5.41) is 0. The van der Waals surface area contributed by atoms with Gasteiger partial charge in [0.05, 0.1) is 19.8 Å². The van der Waals surface area contributed by atoms with Crippen LogP contribution in [0.2, 0.25) is 0 Å². The molecule has 1 heterocycles. The van der Waals surface area contributed by atoms with Crippen LogP contribution in [0.1, 0.15) is 58.7 Å². The largest absolute Gasteiger partial charge is 0.465 e. The Balaban J connectivity index is 2.47. The van der Waals surface area contributed by atoms with Gasteiger partial charge >= 0.3 is 11.9 Å². The van der Waals surface area contributed by atoms with Crippen LogP contribution in [-0.2, 0) is 19.5 Å². The molecule has 1 fully saturated rings. The normalized spacial score (nSPS) is 23.5. The number of carbonyl (C=O) groups is 2. The van der Waals surface area contributed by atoms with Gasteiger partial charge in [0, 0.05) is 6.04 Å². The van der Waals surface area contributed by atoms with Crippen molar-refractivity contribution in [2.24, 2.45) is 11.8 Å². The zero-order valence-corrected chi connectivity index (χ0v) is 17.3. The average molecular weight is 404 g/mol. The second-order valence-corrected chi connectivity index (χ2v) is 9.63. The molecule has 0 bridgehead atoms. The van der Waals surface area contributed by atoms with Crippen LogP contribution in [0.3, 0.4) is 0 Å². The Bertz CT molecular complexity index is 798. The molecular formula is C17H25NO6S2. The van der Waals surface area contributed by atoms with Gasteiger partial charge in [0.1, 0.15) is 4.88 Å². The van der Waals surface area contributed by atoms with Gasteiger partial charge < -0.3 is 9.47 Å². The highest BCUT2D eigenvalue weighted by molar-refractivity contribution is 7.91. The molecule has 0 amide bonds. The number of ether oxygens (including phenoxy) is 2. The maximum Gasteiger partial charge on any atom is 0.348 e. The van der Waals surface area contributed by atoms with Crippen molar-refractivity contribution in [3.63, 3.8) is 0 Å². The summed E-state index contributed by atoms with van der Waals surface area (Å²) in [6.07, 6.45) is 2.75. The van der Waals surface area contributed by atoms with Crippen LogP contribution in [0, 0.1) is 18.8 Å². The van der Waals surface area contributed by atoms with Gasteiger partial charge in [-0.05, 0) is 30.7 Å². The molecule has 1 N–H and O–H groups in total. The van der Waals surface area contributed by atoms with E-state index in [1.807, 2.05) is 6.92 Å². The lowest BCUT2D eigenvalue weighted by Crippen LogP contribution is -2.43. The Morgan fingerprint density at radius 2 is 1.73 bits per heavy atom. The number of hydrogen-bond donors (Lipinski definition) is 1. The summed E-state index contributed by atoms with van der Waals surface area (Å²) in [7, 11) is -1.61. The van der Waals surface area contributed by atoms with E-state index >= 15 is 0 Å². The summed E-state index contributed by atoms with van der Waals surface area (Å²) in [5.41, 5.74) is 0.140. The Morgan fingerprint density at radius 3 is 2.31 bits per heavy atom. The Morgan fingerprint density at radius 1 is 1.12 bits per heavy atom. The Hall–Kier alpha value is -1.45. The van der Waals surface area contributed by atoms with Crippen molar-refractivity contribution < 1.29 is 27.5 Å². The smallest absolute Gasteiger partial charge is 0.348 e. The van der Waals surface area contributed by atoms with Gasteiger partial charge in [0.2, 0.25) is 0 Å². The molecule has 1 aliphatic carbocycles. The third kappa shape index (κ3) is 3.94. The molecule has 2 rings (SSSR count). The van der Waals surface area contributed by atoms with Gasteiger partial charge in [0.15, 0.2) is 4.21 Å². The summed E-state index contributed by atoms with van der Waals surface area (Å²) >= 11 is 0.734. The Kier molecular flexibility index (Phi) is 6.46. The van der Waals surface area contributed by atoms with Crippen LogP contribution >= 0.6 is 11.3 Å². The molecule has 7 nitrogen and oxygen atoms in total. The molecule has 0 aliphatic heterocycles. The van der Waals surface area contributed by atoms with E-state index in [9.17, 15) is 18.0 Å². The number of methoxy groups -OCH3 is 2. The standard InChI is InChI=1S/C17H25NO6S2/c1-9-7-6-8-12(10(9)2)18-26(21,22)17-13(15(19)23-4)11(3)14(25-17)16(20)24-5/h9-10,12,18H,6-8H2,1-5H3/t9-,10-,12-/m0/s1. The molecule has 1 aliphatic rings. The number of carbonyl (C=O) groups excluding carboxylic acids is 2. The molecule has 1 saturated carbocycles. The van der Waals surface area contributed by atoms with Gasteiger partial charge in [-0.15, -0.1) is 11.3 Å². The number of hydrogen-bond acceptors (Lipinski definition) is 7. The summed E-state index contributed by atoms with van der Waals surface area (Å²) in [4.78, 5) is 24.2. The first-order valence-electron chi connectivity index (χ1n) is 8.46. The molecule has 9 heteroatoms. The number of esters is 2. The number of rotatable bonds is 5. The van der Waals surface area contributed by atoms with Crippen molar-refractivity contribution in [1.82, 2.24) is 4.72 Å². The van der Waals surface area contributed by atoms with Crippen molar-refractivity contribution >= 4 is 33.3 Å². The minimum absolute atomic E-state index is 0.0818. The van der Waals surface area contributed by atoms with E-state index in [0.717, 1.165) is 30.6 Å². The third-order valence-corrected chi connectivity index (χ3v) is 8.41. The summed E-state index contributed by atoms with van der Waals surface area (Å²) in [5.74, 6) is -0.883. The highest BCUT2D eigenvalue weighted by Gasteiger charge is 2.36. The third-order valence-electron chi connectivity index (χ3n) is 5.13. The second-order valence-electron chi connectivity index (χ2n) is 6.70. The molecule has 0 radical (unpaired) electrons. The van der Waals surface area contributed by atoms with Crippen LogP contribution in [-0.4, -0.2) is 40.6 Å². The number of thiophene rings is 1. The minimum Gasteiger partial charge on any atom is -0.465 e. The van der Waals surface area contributed by atoms with Crippen LogP contribution in [0.5, 0.6) is 0 Å². The fourth-order valence-corrected chi connectivity index (χ4v) is 6.43. The Labute approximate surface area is 158 Å². The molecule has 0 aromatic carbocycles. The molecule has 26 heavy (non-hydrogen) atoms. The van der Waals surface area contributed by atoms with Crippen molar-refractivity contribution in [1.29, 1.82) is 0 Å². The van der Waals surface area contributed by atoms with Gasteiger partial charge in [-0.1, -0.05) is 26.7 Å². The molecule has 1 aromatic heterocycles. The summed E-state index contributed by atoms with van der Waals surface area (Å²) in [6, 6.07) is -0.210.